The minimum Gasteiger partial charge on any atom is -0.497 e. The molecule has 3 nitrogen and oxygen atoms in total. The van der Waals surface area contributed by atoms with Crippen molar-refractivity contribution in [2.75, 3.05) is 13.7 Å². The molecule has 0 radical (unpaired) electrons. The number of hydrogen-bond acceptors (Lipinski definition) is 3. The molecule has 1 aromatic rings. The maximum atomic E-state index is 12.0. The first-order chi connectivity index (χ1) is 8.54. The molecule has 1 fully saturated rings. The Morgan fingerprint density at radius 1 is 1.44 bits per heavy atom. The summed E-state index contributed by atoms with van der Waals surface area (Å²) in [5.41, 5.74) is 0.913. The molecule has 2 rings (SSSR count). The van der Waals surface area contributed by atoms with E-state index in [9.17, 15) is 4.79 Å². The number of rotatable bonds is 3. The van der Waals surface area contributed by atoms with Crippen LogP contribution in [0, 0.1) is 5.41 Å². The zero-order chi connectivity index (χ0) is 13.2. The van der Waals surface area contributed by atoms with Gasteiger partial charge < -0.3 is 10.1 Å². The molecule has 0 saturated carbocycles. The van der Waals surface area contributed by atoms with Crippen LogP contribution in [0.25, 0.3) is 0 Å². The van der Waals surface area contributed by atoms with Crippen molar-refractivity contribution < 1.29 is 9.53 Å². The molecule has 3 heteroatoms. The minimum absolute atomic E-state index is 0.200. The Balaban J connectivity index is 2.14. The van der Waals surface area contributed by atoms with Gasteiger partial charge in [0.25, 0.3) is 0 Å². The number of nitrogens with one attached hydrogen (secondary N) is 1. The van der Waals surface area contributed by atoms with E-state index < -0.39 is 0 Å². The van der Waals surface area contributed by atoms with Crippen molar-refractivity contribution >= 4 is 5.78 Å². The van der Waals surface area contributed by atoms with E-state index in [4.69, 9.17) is 4.74 Å². The van der Waals surface area contributed by atoms with Crippen molar-refractivity contribution in [2.45, 2.75) is 32.7 Å². The average Bonchev–Trinajstić information content (AvgIpc) is 2.36. The van der Waals surface area contributed by atoms with Gasteiger partial charge in [-0.1, -0.05) is 26.0 Å². The van der Waals surface area contributed by atoms with Crippen LogP contribution >= 0.6 is 0 Å². The Morgan fingerprint density at radius 2 is 2.22 bits per heavy atom. The van der Waals surface area contributed by atoms with Gasteiger partial charge >= 0.3 is 0 Å². The Labute approximate surface area is 109 Å². The molecule has 0 aliphatic carbocycles. The number of methoxy groups -OCH3 is 1. The molecule has 0 amide bonds. The second-order valence-electron chi connectivity index (χ2n) is 5.46. The predicted octanol–water partition coefficient (Wildman–Crippen LogP) is 2.19. The Morgan fingerprint density at radius 3 is 2.94 bits per heavy atom. The van der Waals surface area contributed by atoms with Crippen LogP contribution in [0.15, 0.2) is 24.3 Å². The van der Waals surface area contributed by atoms with E-state index in [1.165, 1.54) is 5.56 Å². The number of ether oxygens (including phenoxy) is 1. The number of carbonyl (C=O) groups is 1. The van der Waals surface area contributed by atoms with Crippen LogP contribution in [0.3, 0.4) is 0 Å². The molecule has 0 aromatic heterocycles. The highest BCUT2D eigenvalue weighted by atomic mass is 16.5. The summed E-state index contributed by atoms with van der Waals surface area (Å²) in [4.78, 5) is 12.0. The monoisotopic (exact) mass is 247 g/mol. The summed E-state index contributed by atoms with van der Waals surface area (Å²) in [6.07, 6.45) is 1.50. The summed E-state index contributed by atoms with van der Waals surface area (Å²) >= 11 is 0. The van der Waals surface area contributed by atoms with Crippen molar-refractivity contribution in [2.24, 2.45) is 5.41 Å². The molecule has 1 atom stereocenters. The lowest BCUT2D eigenvalue weighted by Crippen LogP contribution is -2.53. The third-order valence-corrected chi connectivity index (χ3v) is 3.91. The fourth-order valence-electron chi connectivity index (χ4n) is 2.49. The molecule has 1 unspecified atom stereocenters. The zero-order valence-electron chi connectivity index (χ0n) is 11.3. The van der Waals surface area contributed by atoms with Gasteiger partial charge in [-0.2, -0.15) is 0 Å². The van der Waals surface area contributed by atoms with E-state index in [1.54, 1.807) is 7.11 Å². The van der Waals surface area contributed by atoms with E-state index in [2.05, 4.69) is 11.4 Å². The van der Waals surface area contributed by atoms with Gasteiger partial charge in [-0.25, -0.2) is 0 Å². The van der Waals surface area contributed by atoms with Gasteiger partial charge in [0.15, 0.2) is 0 Å². The van der Waals surface area contributed by atoms with Crippen LogP contribution in [0.4, 0.5) is 0 Å². The lowest BCUT2D eigenvalue weighted by molar-refractivity contribution is -0.130. The van der Waals surface area contributed by atoms with Crippen molar-refractivity contribution in [1.82, 2.24) is 5.32 Å². The van der Waals surface area contributed by atoms with Gasteiger partial charge in [0.2, 0.25) is 0 Å². The van der Waals surface area contributed by atoms with Crippen molar-refractivity contribution in [3.8, 4) is 5.75 Å². The Kier molecular flexibility index (Phi) is 3.71. The summed E-state index contributed by atoms with van der Waals surface area (Å²) < 4.78 is 5.23. The summed E-state index contributed by atoms with van der Waals surface area (Å²) in [6.45, 7) is 4.86. The number of ketones is 1. The topological polar surface area (TPSA) is 38.3 Å². The van der Waals surface area contributed by atoms with Gasteiger partial charge in [-0.3, -0.25) is 4.79 Å². The fourth-order valence-corrected chi connectivity index (χ4v) is 2.49. The molecular formula is C15H21NO2. The second-order valence-corrected chi connectivity index (χ2v) is 5.46. The summed E-state index contributed by atoms with van der Waals surface area (Å²) in [5, 5.41) is 3.46. The van der Waals surface area contributed by atoms with E-state index in [0.29, 0.717) is 12.2 Å². The number of hydrogen-bond donors (Lipinski definition) is 1. The molecular weight excluding hydrogens is 226 g/mol. The number of Topliss-reactive ketones (excluding diaryl/α,β-unsaturated/α-hetero) is 1. The maximum Gasteiger partial charge on any atom is 0.141 e. The van der Waals surface area contributed by atoms with Gasteiger partial charge in [0.1, 0.15) is 11.5 Å². The smallest absolute Gasteiger partial charge is 0.141 e. The summed E-state index contributed by atoms with van der Waals surface area (Å²) in [7, 11) is 1.67. The third-order valence-electron chi connectivity index (χ3n) is 3.91. The summed E-state index contributed by atoms with van der Waals surface area (Å²) in [6, 6.07) is 8.25. The highest BCUT2D eigenvalue weighted by Crippen LogP contribution is 2.29. The average molecular weight is 247 g/mol. The number of carbonyl (C=O) groups excluding carboxylic acids is 1. The third kappa shape index (κ3) is 2.56. The van der Waals surface area contributed by atoms with Gasteiger partial charge in [-0.05, 0) is 24.1 Å². The quantitative estimate of drug-likeness (QED) is 0.890. The van der Waals surface area contributed by atoms with Crippen LogP contribution < -0.4 is 10.1 Å². The molecule has 1 aliphatic heterocycles. The van der Waals surface area contributed by atoms with Gasteiger partial charge in [-0.15, -0.1) is 0 Å². The standard InChI is InChI=1S/C15H21NO2/c1-15(2)13(16-8-7-14(15)17)10-11-5-4-6-12(9-11)18-3/h4-6,9,13,16H,7-8,10H2,1-3H3. The molecule has 1 aromatic carbocycles. The Hall–Kier alpha value is -1.35. The van der Waals surface area contributed by atoms with Crippen LogP contribution in [0.1, 0.15) is 25.8 Å². The molecule has 18 heavy (non-hydrogen) atoms. The molecule has 1 heterocycles. The fraction of sp³-hybridized carbons (Fsp3) is 0.533. The van der Waals surface area contributed by atoms with E-state index >= 15 is 0 Å². The van der Waals surface area contributed by atoms with Crippen LogP contribution in [0.5, 0.6) is 5.75 Å². The molecule has 98 valence electrons. The van der Waals surface area contributed by atoms with E-state index in [1.807, 2.05) is 32.0 Å². The highest BCUT2D eigenvalue weighted by Gasteiger charge is 2.38. The van der Waals surface area contributed by atoms with Crippen LogP contribution in [-0.4, -0.2) is 25.5 Å². The van der Waals surface area contributed by atoms with Crippen molar-refractivity contribution in [3.05, 3.63) is 29.8 Å². The van der Waals surface area contributed by atoms with E-state index in [0.717, 1.165) is 18.7 Å². The lowest BCUT2D eigenvalue weighted by Gasteiger charge is -2.38. The largest absolute Gasteiger partial charge is 0.497 e. The first kappa shape index (κ1) is 13.1. The first-order valence-corrected chi connectivity index (χ1v) is 6.43. The number of benzene rings is 1. The van der Waals surface area contributed by atoms with Crippen LogP contribution in [0.2, 0.25) is 0 Å². The zero-order valence-corrected chi connectivity index (χ0v) is 11.3. The van der Waals surface area contributed by atoms with Crippen molar-refractivity contribution in [3.63, 3.8) is 0 Å². The minimum atomic E-state index is -0.290. The van der Waals surface area contributed by atoms with Crippen LogP contribution in [-0.2, 0) is 11.2 Å². The maximum absolute atomic E-state index is 12.0. The van der Waals surface area contributed by atoms with Crippen molar-refractivity contribution in [1.29, 1.82) is 0 Å². The molecule has 0 bridgehead atoms. The predicted molar refractivity (Wildman–Crippen MR) is 71.9 cm³/mol. The normalized spacial score (nSPS) is 22.8. The molecule has 0 spiro atoms. The van der Waals surface area contributed by atoms with Gasteiger partial charge in [0, 0.05) is 24.4 Å². The SMILES string of the molecule is COc1cccc(CC2NCCC(=O)C2(C)C)c1. The highest BCUT2D eigenvalue weighted by molar-refractivity contribution is 5.85. The second kappa shape index (κ2) is 5.11. The molecule has 1 saturated heterocycles. The molecule has 1 N–H and O–H groups in total. The van der Waals surface area contributed by atoms with Gasteiger partial charge in [0.05, 0.1) is 7.11 Å². The lowest BCUT2D eigenvalue weighted by atomic mass is 9.74. The molecule has 1 aliphatic rings. The number of piperidine rings is 1. The van der Waals surface area contributed by atoms with E-state index in [-0.39, 0.29) is 11.5 Å². The first-order valence-electron chi connectivity index (χ1n) is 6.43. The summed E-state index contributed by atoms with van der Waals surface area (Å²) in [5.74, 6) is 1.22. The Bertz CT molecular complexity index is 440.